The molecule has 1 unspecified atom stereocenters. The number of fused-ring (bicyclic) bond motifs is 5. The summed E-state index contributed by atoms with van der Waals surface area (Å²) in [5.41, 5.74) is 0.747. The van der Waals surface area contributed by atoms with Crippen LogP contribution in [0.25, 0.3) is 0 Å². The van der Waals surface area contributed by atoms with Crippen molar-refractivity contribution in [2.24, 2.45) is 34.5 Å². The number of aliphatic hydroxyl groups is 1. The van der Waals surface area contributed by atoms with Gasteiger partial charge in [0.2, 0.25) is 0 Å². The van der Waals surface area contributed by atoms with E-state index in [0.29, 0.717) is 17.4 Å². The summed E-state index contributed by atoms with van der Waals surface area (Å²) in [6, 6.07) is 8.25. The van der Waals surface area contributed by atoms with Crippen molar-refractivity contribution in [2.45, 2.75) is 96.2 Å². The van der Waals surface area contributed by atoms with E-state index in [-0.39, 0.29) is 5.41 Å². The van der Waals surface area contributed by atoms with E-state index in [2.05, 4.69) is 30.9 Å². The normalized spacial score (nSPS) is 42.1. The third-order valence-corrected chi connectivity index (χ3v) is 12.7. The molecular formula is C34H53NO4. The highest BCUT2D eigenvalue weighted by Crippen LogP contribution is 2.70. The molecule has 0 bridgehead atoms. The lowest BCUT2D eigenvalue weighted by molar-refractivity contribution is -0.165. The van der Waals surface area contributed by atoms with Crippen molar-refractivity contribution < 1.29 is 19.3 Å². The second-order valence-corrected chi connectivity index (χ2v) is 14.2. The van der Waals surface area contributed by atoms with Crippen LogP contribution in [0.3, 0.4) is 0 Å². The minimum atomic E-state index is -0.727. The largest absolute Gasteiger partial charge is 0.497 e. The molecule has 8 atom stereocenters. The van der Waals surface area contributed by atoms with Gasteiger partial charge in [-0.15, -0.1) is 0 Å². The zero-order valence-corrected chi connectivity index (χ0v) is 24.8. The molecule has 0 radical (unpaired) electrons. The number of likely N-dealkylation sites (tertiary alicyclic amines) is 1. The molecule has 5 nitrogen and oxygen atoms in total. The molecule has 1 N–H and O–H groups in total. The Hall–Kier alpha value is -1.14. The van der Waals surface area contributed by atoms with Crippen molar-refractivity contribution >= 4 is 0 Å². The standard InChI is InChI=1S/C34H53NO4/c1-32-15-12-28(39-23-22-38-21-20-35-18-4-5-19-35)24-26(32)8-11-29-30(32)13-16-33(2)31(29)14-17-34(33,36)25-6-9-27(37-3)10-7-25/h6-7,9-10,26,28-31,36H,4-5,8,11-24H2,1-3H3/t26?,28-,29+,30-,31-,32-,33-,34+/m0/s1. The Morgan fingerprint density at radius 3 is 2.41 bits per heavy atom. The van der Waals surface area contributed by atoms with Gasteiger partial charge in [-0.25, -0.2) is 0 Å². The third kappa shape index (κ3) is 4.98. The van der Waals surface area contributed by atoms with Crippen LogP contribution in [0.2, 0.25) is 0 Å². The first-order chi connectivity index (χ1) is 18.9. The van der Waals surface area contributed by atoms with Gasteiger partial charge < -0.3 is 24.2 Å². The molecule has 1 aliphatic heterocycles. The second kappa shape index (κ2) is 11.3. The number of methoxy groups -OCH3 is 1. The van der Waals surface area contributed by atoms with Crippen molar-refractivity contribution in [1.29, 1.82) is 0 Å². The zero-order valence-electron chi connectivity index (χ0n) is 24.8. The van der Waals surface area contributed by atoms with Crippen LogP contribution in [0.4, 0.5) is 0 Å². The molecule has 218 valence electrons. The summed E-state index contributed by atoms with van der Waals surface area (Å²) in [5, 5.41) is 12.2. The summed E-state index contributed by atoms with van der Waals surface area (Å²) < 4.78 is 17.7. The van der Waals surface area contributed by atoms with Crippen molar-refractivity contribution in [2.75, 3.05) is 46.6 Å². The van der Waals surface area contributed by atoms with Crippen LogP contribution in [0.5, 0.6) is 5.75 Å². The molecule has 5 fully saturated rings. The smallest absolute Gasteiger partial charge is 0.118 e. The van der Waals surface area contributed by atoms with E-state index < -0.39 is 5.60 Å². The average molecular weight is 540 g/mol. The first kappa shape index (κ1) is 28.0. The highest BCUT2D eigenvalue weighted by Gasteiger charge is 2.65. The lowest BCUT2D eigenvalue weighted by Crippen LogP contribution is -2.56. The predicted octanol–water partition coefficient (Wildman–Crippen LogP) is 6.42. The van der Waals surface area contributed by atoms with Gasteiger partial charge in [-0.05, 0) is 131 Å². The molecule has 0 aromatic heterocycles. The van der Waals surface area contributed by atoms with Crippen molar-refractivity contribution in [3.63, 3.8) is 0 Å². The Balaban J connectivity index is 1.04. The summed E-state index contributed by atoms with van der Waals surface area (Å²) in [4.78, 5) is 2.51. The number of hydrogen-bond donors (Lipinski definition) is 1. The molecule has 5 heteroatoms. The van der Waals surface area contributed by atoms with Gasteiger partial charge in [0.25, 0.3) is 0 Å². The van der Waals surface area contributed by atoms with Crippen molar-refractivity contribution in [1.82, 2.24) is 4.90 Å². The fraction of sp³-hybridized carbons (Fsp3) is 0.824. The Morgan fingerprint density at radius 1 is 0.872 bits per heavy atom. The van der Waals surface area contributed by atoms with E-state index in [9.17, 15) is 5.11 Å². The number of rotatable bonds is 9. The van der Waals surface area contributed by atoms with Crippen LogP contribution < -0.4 is 4.74 Å². The number of nitrogens with zero attached hydrogens (tertiary/aromatic N) is 1. The Labute approximate surface area is 237 Å². The van der Waals surface area contributed by atoms with Crippen LogP contribution in [-0.4, -0.2) is 62.7 Å². The molecule has 6 rings (SSSR count). The van der Waals surface area contributed by atoms with Gasteiger partial charge in [0.15, 0.2) is 0 Å². The van der Waals surface area contributed by atoms with E-state index in [1.807, 2.05) is 12.1 Å². The summed E-state index contributed by atoms with van der Waals surface area (Å²) in [6.45, 7) is 10.9. The number of hydrogen-bond acceptors (Lipinski definition) is 5. The van der Waals surface area contributed by atoms with Gasteiger partial charge in [-0.3, -0.25) is 0 Å². The van der Waals surface area contributed by atoms with Gasteiger partial charge in [0.05, 0.1) is 38.6 Å². The minimum absolute atomic E-state index is 0.0406. The molecule has 0 spiro atoms. The van der Waals surface area contributed by atoms with Gasteiger partial charge in [0.1, 0.15) is 5.75 Å². The molecule has 4 aliphatic carbocycles. The van der Waals surface area contributed by atoms with Crippen LogP contribution >= 0.6 is 0 Å². The molecule has 1 saturated heterocycles. The van der Waals surface area contributed by atoms with Gasteiger partial charge in [0, 0.05) is 12.0 Å². The highest BCUT2D eigenvalue weighted by molar-refractivity contribution is 5.34. The molecule has 5 aliphatic rings. The van der Waals surface area contributed by atoms with E-state index in [4.69, 9.17) is 14.2 Å². The van der Waals surface area contributed by atoms with Crippen LogP contribution in [0, 0.1) is 34.5 Å². The van der Waals surface area contributed by atoms with E-state index in [1.54, 1.807) is 7.11 Å². The van der Waals surface area contributed by atoms with Crippen LogP contribution in [0.15, 0.2) is 24.3 Å². The van der Waals surface area contributed by atoms with Gasteiger partial charge >= 0.3 is 0 Å². The first-order valence-electron chi connectivity index (χ1n) is 16.2. The molecular weight excluding hydrogens is 486 g/mol. The monoisotopic (exact) mass is 539 g/mol. The van der Waals surface area contributed by atoms with Gasteiger partial charge in [-0.1, -0.05) is 26.0 Å². The Bertz CT molecular complexity index is 962. The molecule has 1 heterocycles. The van der Waals surface area contributed by atoms with E-state index in [1.165, 1.54) is 64.5 Å². The molecule has 1 aromatic rings. The topological polar surface area (TPSA) is 51.2 Å². The summed E-state index contributed by atoms with van der Waals surface area (Å²) in [5.74, 6) is 3.80. The lowest BCUT2D eigenvalue weighted by atomic mass is 9.44. The van der Waals surface area contributed by atoms with E-state index in [0.717, 1.165) is 74.7 Å². The summed E-state index contributed by atoms with van der Waals surface area (Å²) >= 11 is 0. The highest BCUT2D eigenvalue weighted by atomic mass is 16.5. The number of ether oxygens (including phenoxy) is 3. The van der Waals surface area contributed by atoms with Crippen molar-refractivity contribution in [3.05, 3.63) is 29.8 Å². The Kier molecular flexibility index (Phi) is 8.09. The molecule has 4 saturated carbocycles. The Morgan fingerprint density at radius 2 is 1.64 bits per heavy atom. The predicted molar refractivity (Wildman–Crippen MR) is 155 cm³/mol. The SMILES string of the molecule is COc1ccc([C@]2(O)CC[C@H]3[C@@H]4CCC5C[C@@H](OCCOCCN6CCCC6)CC[C@]5(C)[C@H]4CC[C@@]32C)cc1. The first-order valence-corrected chi connectivity index (χ1v) is 16.2. The molecule has 39 heavy (non-hydrogen) atoms. The minimum Gasteiger partial charge on any atom is -0.497 e. The molecule has 1 aromatic carbocycles. The quantitative estimate of drug-likeness (QED) is 0.367. The number of benzene rings is 1. The zero-order chi connectivity index (χ0) is 27.1. The summed E-state index contributed by atoms with van der Waals surface area (Å²) in [7, 11) is 1.71. The lowest BCUT2D eigenvalue weighted by Gasteiger charge is -2.61. The average Bonchev–Trinajstić information content (AvgIpc) is 3.57. The van der Waals surface area contributed by atoms with Crippen molar-refractivity contribution in [3.8, 4) is 5.75 Å². The van der Waals surface area contributed by atoms with Crippen LogP contribution in [0.1, 0.15) is 90.0 Å². The maximum Gasteiger partial charge on any atom is 0.118 e. The third-order valence-electron chi connectivity index (χ3n) is 12.7. The van der Waals surface area contributed by atoms with Gasteiger partial charge in [-0.2, -0.15) is 0 Å². The molecule has 0 amide bonds. The fourth-order valence-electron chi connectivity index (χ4n) is 10.3. The summed E-state index contributed by atoms with van der Waals surface area (Å²) in [6.07, 6.45) is 13.9. The maximum absolute atomic E-state index is 12.2. The second-order valence-electron chi connectivity index (χ2n) is 14.2. The van der Waals surface area contributed by atoms with E-state index >= 15 is 0 Å². The fourth-order valence-corrected chi connectivity index (χ4v) is 10.3. The maximum atomic E-state index is 12.2. The van der Waals surface area contributed by atoms with Crippen LogP contribution in [-0.2, 0) is 15.1 Å².